The fourth-order valence-corrected chi connectivity index (χ4v) is 1.56. The number of carbonyl (C=O) groups is 1. The number of nitrogens with two attached hydrogens (primary N) is 1. The van der Waals surface area contributed by atoms with Gasteiger partial charge in [0.2, 0.25) is 5.91 Å². The Kier molecular flexibility index (Phi) is 2.63. The topological polar surface area (TPSA) is 55.1 Å². The molecular formula is C10H10Cl2N2O. The highest BCUT2D eigenvalue weighted by Crippen LogP contribution is 2.35. The predicted molar refractivity (Wildman–Crippen MR) is 61.2 cm³/mol. The molecule has 0 radical (unpaired) electrons. The van der Waals surface area contributed by atoms with Crippen molar-refractivity contribution in [2.24, 2.45) is 5.73 Å². The van der Waals surface area contributed by atoms with Crippen LogP contribution in [0.25, 0.3) is 0 Å². The van der Waals surface area contributed by atoms with E-state index >= 15 is 0 Å². The van der Waals surface area contributed by atoms with Gasteiger partial charge in [-0.3, -0.25) is 4.79 Å². The van der Waals surface area contributed by atoms with Crippen molar-refractivity contribution in [2.75, 3.05) is 5.32 Å². The minimum absolute atomic E-state index is 0.202. The molecule has 0 saturated heterocycles. The SMILES string of the molecule is NC1(C(=O)Nc2cccc(Cl)c2Cl)CC1. The van der Waals surface area contributed by atoms with Gasteiger partial charge in [-0.05, 0) is 25.0 Å². The molecule has 80 valence electrons. The van der Waals surface area contributed by atoms with Gasteiger partial charge in [-0.25, -0.2) is 0 Å². The number of rotatable bonds is 2. The molecule has 1 aromatic carbocycles. The Balaban J connectivity index is 2.17. The van der Waals surface area contributed by atoms with E-state index in [-0.39, 0.29) is 5.91 Å². The Morgan fingerprint density at radius 2 is 2.07 bits per heavy atom. The number of hydrogen-bond donors (Lipinski definition) is 2. The molecule has 0 aliphatic heterocycles. The summed E-state index contributed by atoms with van der Waals surface area (Å²) in [7, 11) is 0. The van der Waals surface area contributed by atoms with Crippen LogP contribution in [-0.2, 0) is 4.79 Å². The molecule has 0 atom stereocenters. The van der Waals surface area contributed by atoms with Crippen LogP contribution >= 0.6 is 23.2 Å². The second-order valence-electron chi connectivity index (χ2n) is 3.71. The van der Waals surface area contributed by atoms with E-state index in [0.717, 1.165) is 12.8 Å². The Morgan fingerprint density at radius 3 is 2.67 bits per heavy atom. The fraction of sp³-hybridized carbons (Fsp3) is 0.300. The molecule has 15 heavy (non-hydrogen) atoms. The molecule has 5 heteroatoms. The normalized spacial score (nSPS) is 17.3. The van der Waals surface area contributed by atoms with Crippen molar-refractivity contribution in [1.82, 2.24) is 0 Å². The van der Waals surface area contributed by atoms with E-state index in [1.165, 1.54) is 0 Å². The zero-order valence-corrected chi connectivity index (χ0v) is 9.40. The smallest absolute Gasteiger partial charge is 0.244 e. The summed E-state index contributed by atoms with van der Waals surface area (Å²) in [6, 6.07) is 5.08. The van der Waals surface area contributed by atoms with E-state index in [0.29, 0.717) is 15.7 Å². The maximum absolute atomic E-state index is 11.6. The average molecular weight is 245 g/mol. The van der Waals surface area contributed by atoms with Gasteiger partial charge in [-0.15, -0.1) is 0 Å². The van der Waals surface area contributed by atoms with Crippen LogP contribution in [-0.4, -0.2) is 11.4 Å². The molecule has 1 aliphatic rings. The van der Waals surface area contributed by atoms with Crippen LogP contribution in [0, 0.1) is 0 Å². The molecule has 2 rings (SSSR count). The van der Waals surface area contributed by atoms with Gasteiger partial charge in [-0.1, -0.05) is 29.3 Å². The van der Waals surface area contributed by atoms with Crippen molar-refractivity contribution in [3.05, 3.63) is 28.2 Å². The van der Waals surface area contributed by atoms with Gasteiger partial charge in [-0.2, -0.15) is 0 Å². The minimum atomic E-state index is -0.703. The van der Waals surface area contributed by atoms with Gasteiger partial charge in [0, 0.05) is 0 Å². The monoisotopic (exact) mass is 244 g/mol. The van der Waals surface area contributed by atoms with E-state index < -0.39 is 5.54 Å². The zero-order valence-electron chi connectivity index (χ0n) is 7.89. The molecule has 1 fully saturated rings. The van der Waals surface area contributed by atoms with Gasteiger partial charge in [0.25, 0.3) is 0 Å². The minimum Gasteiger partial charge on any atom is -0.323 e. The van der Waals surface area contributed by atoms with Crippen molar-refractivity contribution < 1.29 is 4.79 Å². The maximum Gasteiger partial charge on any atom is 0.244 e. The number of carbonyl (C=O) groups excluding carboxylic acids is 1. The third kappa shape index (κ3) is 2.09. The molecule has 0 unspecified atom stereocenters. The molecule has 1 aliphatic carbocycles. The first kappa shape index (κ1) is 10.7. The lowest BCUT2D eigenvalue weighted by atomic mass is 10.2. The highest BCUT2D eigenvalue weighted by molar-refractivity contribution is 6.44. The van der Waals surface area contributed by atoms with Gasteiger partial charge >= 0.3 is 0 Å². The van der Waals surface area contributed by atoms with E-state index in [4.69, 9.17) is 28.9 Å². The second-order valence-corrected chi connectivity index (χ2v) is 4.50. The fourth-order valence-electron chi connectivity index (χ4n) is 1.21. The molecule has 3 nitrogen and oxygen atoms in total. The van der Waals surface area contributed by atoms with E-state index in [9.17, 15) is 4.79 Å². The first-order chi connectivity index (χ1) is 7.03. The number of benzene rings is 1. The summed E-state index contributed by atoms with van der Waals surface area (Å²) >= 11 is 11.7. The highest BCUT2D eigenvalue weighted by atomic mass is 35.5. The summed E-state index contributed by atoms with van der Waals surface area (Å²) in [5, 5.41) is 3.43. The lowest BCUT2D eigenvalue weighted by Gasteiger charge is -2.11. The maximum atomic E-state index is 11.6. The Bertz CT molecular complexity index is 416. The molecule has 3 N–H and O–H groups in total. The summed E-state index contributed by atoms with van der Waals surface area (Å²) in [5.74, 6) is -0.202. The Morgan fingerprint density at radius 1 is 1.40 bits per heavy atom. The van der Waals surface area contributed by atoms with Crippen molar-refractivity contribution in [3.8, 4) is 0 Å². The number of amides is 1. The number of anilines is 1. The predicted octanol–water partition coefficient (Wildman–Crippen LogP) is 2.42. The average Bonchev–Trinajstić information content (AvgIpc) is 2.93. The summed E-state index contributed by atoms with van der Waals surface area (Å²) in [4.78, 5) is 11.6. The number of nitrogens with one attached hydrogen (secondary N) is 1. The summed E-state index contributed by atoms with van der Waals surface area (Å²) in [6.07, 6.45) is 1.44. The van der Waals surface area contributed by atoms with E-state index in [2.05, 4.69) is 5.32 Å². The molecular weight excluding hydrogens is 235 g/mol. The molecule has 1 aromatic rings. The van der Waals surface area contributed by atoms with Crippen LogP contribution in [0.3, 0.4) is 0 Å². The lowest BCUT2D eigenvalue weighted by molar-refractivity contribution is -0.118. The molecule has 1 amide bonds. The van der Waals surface area contributed by atoms with Gasteiger partial charge < -0.3 is 11.1 Å². The molecule has 0 spiro atoms. The van der Waals surface area contributed by atoms with Gasteiger partial charge in [0.1, 0.15) is 0 Å². The largest absolute Gasteiger partial charge is 0.323 e. The number of halogens is 2. The summed E-state index contributed by atoms with van der Waals surface area (Å²) in [5.41, 5.74) is 5.54. The van der Waals surface area contributed by atoms with Crippen LogP contribution in [0.15, 0.2) is 18.2 Å². The molecule has 0 heterocycles. The van der Waals surface area contributed by atoms with Crippen molar-refractivity contribution in [3.63, 3.8) is 0 Å². The van der Waals surface area contributed by atoms with Crippen LogP contribution in [0.2, 0.25) is 10.0 Å². The van der Waals surface area contributed by atoms with Crippen LogP contribution in [0.1, 0.15) is 12.8 Å². The van der Waals surface area contributed by atoms with E-state index in [1.807, 2.05) is 0 Å². The van der Waals surface area contributed by atoms with E-state index in [1.54, 1.807) is 18.2 Å². The van der Waals surface area contributed by atoms with Crippen LogP contribution in [0.5, 0.6) is 0 Å². The highest BCUT2D eigenvalue weighted by Gasteiger charge is 2.46. The molecule has 0 aromatic heterocycles. The van der Waals surface area contributed by atoms with Gasteiger partial charge in [0.05, 0.1) is 21.3 Å². The second kappa shape index (κ2) is 3.67. The molecule has 0 bridgehead atoms. The standard InChI is InChI=1S/C10H10Cl2N2O/c11-6-2-1-3-7(8(6)12)14-9(15)10(13)4-5-10/h1-3H,4-5,13H2,(H,14,15). The quantitative estimate of drug-likeness (QED) is 0.840. The first-order valence-corrected chi connectivity index (χ1v) is 5.33. The molecule has 1 saturated carbocycles. The number of hydrogen-bond acceptors (Lipinski definition) is 2. The van der Waals surface area contributed by atoms with Crippen molar-refractivity contribution in [2.45, 2.75) is 18.4 Å². The summed E-state index contributed by atoms with van der Waals surface area (Å²) < 4.78 is 0. The first-order valence-electron chi connectivity index (χ1n) is 4.57. The zero-order chi connectivity index (χ0) is 11.1. The van der Waals surface area contributed by atoms with Crippen LogP contribution in [0.4, 0.5) is 5.69 Å². The van der Waals surface area contributed by atoms with Crippen molar-refractivity contribution in [1.29, 1.82) is 0 Å². The Labute approximate surface area is 97.5 Å². The van der Waals surface area contributed by atoms with Crippen LogP contribution < -0.4 is 11.1 Å². The third-order valence-corrected chi connectivity index (χ3v) is 3.26. The third-order valence-electron chi connectivity index (χ3n) is 2.44. The Hall–Kier alpha value is -0.770. The van der Waals surface area contributed by atoms with Crippen molar-refractivity contribution >= 4 is 34.8 Å². The lowest BCUT2D eigenvalue weighted by Crippen LogP contribution is -2.37. The van der Waals surface area contributed by atoms with Gasteiger partial charge in [0.15, 0.2) is 0 Å². The summed E-state index contributed by atoms with van der Waals surface area (Å²) in [6.45, 7) is 0.